The Morgan fingerprint density at radius 1 is 0.305 bits per heavy atom. The van der Waals surface area contributed by atoms with Crippen LogP contribution in [0.15, 0.2) is 221 Å². The van der Waals surface area contributed by atoms with E-state index in [1.54, 1.807) is 0 Å². The van der Waals surface area contributed by atoms with Crippen molar-refractivity contribution >= 4 is 99.8 Å². The first-order valence-electron chi connectivity index (χ1n) is 19.9. The highest BCUT2D eigenvalue weighted by atomic mass is 16.3. The van der Waals surface area contributed by atoms with Crippen LogP contribution in [0.5, 0.6) is 0 Å². The van der Waals surface area contributed by atoms with Crippen molar-refractivity contribution in [1.82, 2.24) is 4.57 Å². The van der Waals surface area contributed by atoms with E-state index in [1.807, 2.05) is 24.3 Å². The van der Waals surface area contributed by atoms with Gasteiger partial charge in [0, 0.05) is 66.8 Å². The first-order valence-corrected chi connectivity index (χ1v) is 19.9. The fourth-order valence-corrected chi connectivity index (χ4v) is 8.96. The van der Waals surface area contributed by atoms with E-state index in [0.717, 1.165) is 100 Å². The van der Waals surface area contributed by atoms with Crippen LogP contribution in [0.1, 0.15) is 0 Å². The van der Waals surface area contributed by atoms with E-state index in [1.165, 1.54) is 5.39 Å². The van der Waals surface area contributed by atoms with Gasteiger partial charge in [0.25, 0.3) is 0 Å². The molecule has 12 aromatic rings. The summed E-state index contributed by atoms with van der Waals surface area (Å²) in [6.45, 7) is 0. The molecule has 9 aromatic carbocycles. The van der Waals surface area contributed by atoms with Gasteiger partial charge in [0.05, 0.1) is 22.4 Å². The van der Waals surface area contributed by atoms with Crippen LogP contribution in [-0.2, 0) is 0 Å². The Labute approximate surface area is 339 Å². The third kappa shape index (κ3) is 5.33. The minimum absolute atomic E-state index is 0.843. The van der Waals surface area contributed by atoms with Crippen molar-refractivity contribution in [1.29, 1.82) is 0 Å². The van der Waals surface area contributed by atoms with Gasteiger partial charge in [0.1, 0.15) is 22.3 Å². The van der Waals surface area contributed by atoms with Gasteiger partial charge < -0.3 is 23.2 Å². The number of nitrogens with zero attached hydrogens (tertiary/aromatic N) is 3. The minimum Gasteiger partial charge on any atom is -0.456 e. The fourth-order valence-electron chi connectivity index (χ4n) is 8.96. The topological polar surface area (TPSA) is 37.7 Å². The molecule has 0 bridgehead atoms. The van der Waals surface area contributed by atoms with E-state index in [4.69, 9.17) is 8.83 Å². The molecular formula is C54H35N3O2. The molecule has 0 amide bonds. The molecule has 12 rings (SSSR count). The number of anilines is 6. The molecule has 0 atom stereocenters. The van der Waals surface area contributed by atoms with Gasteiger partial charge in [-0.05, 0) is 97.1 Å². The Kier molecular flexibility index (Phi) is 7.47. The molecule has 5 heteroatoms. The Bertz CT molecular complexity index is 3510. The van der Waals surface area contributed by atoms with Crippen molar-refractivity contribution in [3.05, 3.63) is 212 Å². The molecule has 0 aliphatic carbocycles. The maximum Gasteiger partial charge on any atom is 0.137 e. The SMILES string of the molecule is c1ccc(N(c2ccc3c(c2)oc2ccccc23)c2cc(N(c3ccccc3)c3ccc4oc5ccccc5c4c3)c3c4ccccc4n(-c4ccccc4)c3c2)cc1. The smallest absolute Gasteiger partial charge is 0.137 e. The maximum absolute atomic E-state index is 6.49. The third-order valence-corrected chi connectivity index (χ3v) is 11.5. The van der Waals surface area contributed by atoms with E-state index in [9.17, 15) is 0 Å². The summed E-state index contributed by atoms with van der Waals surface area (Å²) in [5, 5.41) is 6.68. The predicted molar refractivity (Wildman–Crippen MR) is 245 cm³/mol. The summed E-state index contributed by atoms with van der Waals surface area (Å²) in [7, 11) is 0. The van der Waals surface area contributed by atoms with Crippen LogP contribution in [0.25, 0.3) is 71.4 Å². The normalized spacial score (nSPS) is 11.7. The molecule has 0 fully saturated rings. The average molecular weight is 758 g/mol. The van der Waals surface area contributed by atoms with Crippen LogP contribution in [0, 0.1) is 0 Å². The molecule has 3 heterocycles. The van der Waals surface area contributed by atoms with E-state index in [2.05, 4.69) is 202 Å². The Morgan fingerprint density at radius 2 is 0.831 bits per heavy atom. The molecule has 278 valence electrons. The predicted octanol–water partition coefficient (Wildman–Crippen LogP) is 15.5. The van der Waals surface area contributed by atoms with Crippen LogP contribution in [0.4, 0.5) is 34.1 Å². The zero-order chi connectivity index (χ0) is 38.9. The number of aromatic nitrogens is 1. The lowest BCUT2D eigenvalue weighted by molar-refractivity contribution is 0.668. The molecule has 0 saturated heterocycles. The van der Waals surface area contributed by atoms with Crippen LogP contribution in [0.3, 0.4) is 0 Å². The zero-order valence-electron chi connectivity index (χ0n) is 31.9. The summed E-state index contributed by atoms with van der Waals surface area (Å²) in [6.07, 6.45) is 0. The summed E-state index contributed by atoms with van der Waals surface area (Å²) in [4.78, 5) is 4.75. The second kappa shape index (κ2) is 13.3. The first-order chi connectivity index (χ1) is 29.3. The van der Waals surface area contributed by atoms with Gasteiger partial charge in [0.15, 0.2) is 0 Å². The minimum atomic E-state index is 0.843. The molecule has 0 N–H and O–H groups in total. The number of hydrogen-bond acceptors (Lipinski definition) is 4. The molecule has 5 nitrogen and oxygen atoms in total. The molecule has 0 radical (unpaired) electrons. The number of benzene rings is 9. The van der Waals surface area contributed by atoms with Crippen LogP contribution < -0.4 is 9.80 Å². The molecule has 3 aromatic heterocycles. The molecule has 0 saturated carbocycles. The van der Waals surface area contributed by atoms with E-state index in [-0.39, 0.29) is 0 Å². The fraction of sp³-hybridized carbons (Fsp3) is 0. The highest BCUT2D eigenvalue weighted by Gasteiger charge is 2.26. The highest BCUT2D eigenvalue weighted by Crippen LogP contribution is 2.49. The summed E-state index contributed by atoms with van der Waals surface area (Å²) in [6, 6.07) is 75.1. The lowest BCUT2D eigenvalue weighted by Gasteiger charge is -2.30. The standard InChI is InChI=1S/C54H35N3O2/c1-4-16-36(17-5-1)55(40-28-30-44-42-22-11-14-26-50(42)59-53(44)35-40)41-33-48(54-45-24-10-13-25-47(45)57(49(54)34-41)38-20-8-3-9-21-38)56(37-18-6-2-7-19-37)39-29-31-52-46(32-39)43-23-12-15-27-51(43)58-52/h1-35H. The van der Waals surface area contributed by atoms with Crippen molar-refractivity contribution in [2.45, 2.75) is 0 Å². The quantitative estimate of drug-likeness (QED) is 0.162. The van der Waals surface area contributed by atoms with Crippen molar-refractivity contribution in [3.63, 3.8) is 0 Å². The molecule has 0 aliphatic rings. The molecule has 0 spiro atoms. The summed E-state index contributed by atoms with van der Waals surface area (Å²) < 4.78 is 15.2. The molecule has 59 heavy (non-hydrogen) atoms. The molecule has 0 unspecified atom stereocenters. The maximum atomic E-state index is 6.49. The average Bonchev–Trinajstić information content (AvgIpc) is 3.97. The van der Waals surface area contributed by atoms with Crippen molar-refractivity contribution in [2.24, 2.45) is 0 Å². The first kappa shape index (κ1) is 33.2. The third-order valence-electron chi connectivity index (χ3n) is 11.5. The van der Waals surface area contributed by atoms with Gasteiger partial charge in [0.2, 0.25) is 0 Å². The number of hydrogen-bond donors (Lipinski definition) is 0. The van der Waals surface area contributed by atoms with Crippen molar-refractivity contribution in [3.8, 4) is 5.69 Å². The highest BCUT2D eigenvalue weighted by molar-refractivity contribution is 6.18. The van der Waals surface area contributed by atoms with Crippen LogP contribution in [-0.4, -0.2) is 4.57 Å². The summed E-state index contributed by atoms with van der Waals surface area (Å²) in [5.74, 6) is 0. The second-order valence-electron chi connectivity index (χ2n) is 14.9. The van der Waals surface area contributed by atoms with Crippen LogP contribution in [0.2, 0.25) is 0 Å². The Hall–Kier alpha value is -8.02. The monoisotopic (exact) mass is 757 g/mol. The lowest BCUT2D eigenvalue weighted by Crippen LogP contribution is -2.14. The van der Waals surface area contributed by atoms with Gasteiger partial charge in [-0.1, -0.05) is 109 Å². The molecular weight excluding hydrogens is 723 g/mol. The lowest BCUT2D eigenvalue weighted by atomic mass is 10.0. The largest absolute Gasteiger partial charge is 0.456 e. The van der Waals surface area contributed by atoms with E-state index < -0.39 is 0 Å². The second-order valence-corrected chi connectivity index (χ2v) is 14.9. The van der Waals surface area contributed by atoms with E-state index in [0.29, 0.717) is 0 Å². The summed E-state index contributed by atoms with van der Waals surface area (Å²) in [5.41, 5.74) is 12.9. The Balaban J connectivity index is 1.20. The zero-order valence-corrected chi connectivity index (χ0v) is 31.9. The molecule has 0 aliphatic heterocycles. The number of rotatable bonds is 7. The van der Waals surface area contributed by atoms with Gasteiger partial charge in [-0.25, -0.2) is 0 Å². The van der Waals surface area contributed by atoms with Gasteiger partial charge in [-0.15, -0.1) is 0 Å². The number of furan rings is 2. The van der Waals surface area contributed by atoms with E-state index >= 15 is 0 Å². The van der Waals surface area contributed by atoms with Gasteiger partial charge in [-0.2, -0.15) is 0 Å². The van der Waals surface area contributed by atoms with Crippen molar-refractivity contribution in [2.75, 3.05) is 9.80 Å². The van der Waals surface area contributed by atoms with Gasteiger partial charge >= 0.3 is 0 Å². The van der Waals surface area contributed by atoms with Gasteiger partial charge in [-0.3, -0.25) is 0 Å². The number of fused-ring (bicyclic) bond motifs is 9. The summed E-state index contributed by atoms with van der Waals surface area (Å²) >= 11 is 0. The van der Waals surface area contributed by atoms with Crippen LogP contribution >= 0.6 is 0 Å². The number of para-hydroxylation sites is 6. The van der Waals surface area contributed by atoms with Crippen molar-refractivity contribution < 1.29 is 8.83 Å². The Morgan fingerprint density at radius 3 is 1.56 bits per heavy atom.